The second-order valence-corrected chi connectivity index (χ2v) is 9.74. The van der Waals surface area contributed by atoms with Crippen LogP contribution in [-0.2, 0) is 28.7 Å². The summed E-state index contributed by atoms with van der Waals surface area (Å²) in [5.41, 5.74) is 0. The lowest BCUT2D eigenvalue weighted by Crippen LogP contribution is -2.59. The topological polar surface area (TPSA) is 116 Å². The van der Waals surface area contributed by atoms with Gasteiger partial charge in [0.25, 0.3) is 0 Å². The Kier molecular flexibility index (Phi) is 8.54. The van der Waals surface area contributed by atoms with Crippen LogP contribution in [0.15, 0.2) is 0 Å². The maximum absolute atomic E-state index is 13.4. The third-order valence-corrected chi connectivity index (χ3v) is 7.24. The normalized spacial score (nSPS) is 27.9. The molecular formula is C24H38N4O6. The Balaban J connectivity index is 1.67. The van der Waals surface area contributed by atoms with Crippen molar-refractivity contribution in [1.29, 1.82) is 0 Å². The number of ether oxygens (including phenoxy) is 1. The van der Waals surface area contributed by atoms with E-state index in [0.29, 0.717) is 45.3 Å². The summed E-state index contributed by atoms with van der Waals surface area (Å²) in [6, 6.07) is -2.69. The first kappa shape index (κ1) is 26.0. The number of carbonyl (C=O) groups excluding carboxylic acids is 5. The largest absolute Gasteiger partial charge is 0.467 e. The Bertz CT molecular complexity index is 817. The third-order valence-electron chi connectivity index (χ3n) is 7.24. The van der Waals surface area contributed by atoms with E-state index in [9.17, 15) is 24.0 Å². The molecule has 0 bridgehead atoms. The van der Waals surface area contributed by atoms with E-state index >= 15 is 0 Å². The molecule has 5 unspecified atom stereocenters. The average molecular weight is 479 g/mol. The molecule has 3 saturated heterocycles. The van der Waals surface area contributed by atoms with Gasteiger partial charge in [0.15, 0.2) is 0 Å². The maximum Gasteiger partial charge on any atom is 0.328 e. The molecule has 0 spiro atoms. The highest BCUT2D eigenvalue weighted by atomic mass is 16.5. The molecule has 0 radical (unpaired) electrons. The van der Waals surface area contributed by atoms with Crippen molar-refractivity contribution < 1.29 is 28.7 Å². The Morgan fingerprint density at radius 2 is 1.62 bits per heavy atom. The van der Waals surface area contributed by atoms with Gasteiger partial charge in [-0.05, 0) is 51.4 Å². The molecule has 10 heteroatoms. The summed E-state index contributed by atoms with van der Waals surface area (Å²) in [7, 11) is 1.30. The molecule has 0 saturated carbocycles. The molecule has 1 N–H and O–H groups in total. The van der Waals surface area contributed by atoms with Crippen molar-refractivity contribution in [1.82, 2.24) is 20.0 Å². The molecule has 3 aliphatic rings. The molecule has 5 atom stereocenters. The van der Waals surface area contributed by atoms with E-state index in [4.69, 9.17) is 4.74 Å². The van der Waals surface area contributed by atoms with Crippen molar-refractivity contribution in [2.24, 2.45) is 5.92 Å². The van der Waals surface area contributed by atoms with Crippen LogP contribution < -0.4 is 5.32 Å². The molecule has 3 aliphatic heterocycles. The summed E-state index contributed by atoms with van der Waals surface area (Å²) in [6.45, 7) is 6.80. The number of likely N-dealkylation sites (tertiary alicyclic amines) is 3. The number of hydrogen-bond acceptors (Lipinski definition) is 6. The minimum absolute atomic E-state index is 0.0481. The summed E-state index contributed by atoms with van der Waals surface area (Å²) < 4.78 is 4.85. The van der Waals surface area contributed by atoms with Crippen LogP contribution in [0, 0.1) is 5.92 Å². The quantitative estimate of drug-likeness (QED) is 0.562. The fourth-order valence-electron chi connectivity index (χ4n) is 5.45. The smallest absolute Gasteiger partial charge is 0.328 e. The van der Waals surface area contributed by atoms with Gasteiger partial charge in [0.2, 0.25) is 23.6 Å². The van der Waals surface area contributed by atoms with Gasteiger partial charge in [-0.25, -0.2) is 4.79 Å². The highest BCUT2D eigenvalue weighted by Gasteiger charge is 2.43. The monoisotopic (exact) mass is 478 g/mol. The number of piperidine rings is 1. The molecule has 34 heavy (non-hydrogen) atoms. The zero-order valence-electron chi connectivity index (χ0n) is 20.7. The highest BCUT2D eigenvalue weighted by Crippen LogP contribution is 2.26. The van der Waals surface area contributed by atoms with Crippen LogP contribution in [0.25, 0.3) is 0 Å². The average Bonchev–Trinajstić information content (AvgIpc) is 3.49. The molecule has 10 nitrogen and oxygen atoms in total. The Morgan fingerprint density at radius 3 is 2.29 bits per heavy atom. The van der Waals surface area contributed by atoms with Crippen LogP contribution in [-0.4, -0.2) is 95.2 Å². The molecule has 0 aliphatic carbocycles. The second kappa shape index (κ2) is 11.2. The molecule has 3 heterocycles. The van der Waals surface area contributed by atoms with Crippen molar-refractivity contribution in [2.45, 2.75) is 89.9 Å². The first-order chi connectivity index (χ1) is 16.2. The number of amides is 4. The predicted octanol–water partition coefficient (Wildman–Crippen LogP) is 0.683. The van der Waals surface area contributed by atoms with Crippen molar-refractivity contribution >= 4 is 29.6 Å². The standard InChI is InChI=1S/C24H38N4O6/c1-5-20(29)26-12-8-10-18(26)23(32)27-11-7-6-9-17(27)21(30)25-16(3)22(31)28-14-15(2)13-19(28)24(33)34-4/h15-19H,5-14H2,1-4H3,(H,25,30). The summed E-state index contributed by atoms with van der Waals surface area (Å²) in [5, 5.41) is 2.78. The van der Waals surface area contributed by atoms with Gasteiger partial charge >= 0.3 is 5.97 Å². The van der Waals surface area contributed by atoms with E-state index in [0.717, 1.165) is 19.3 Å². The minimum Gasteiger partial charge on any atom is -0.467 e. The van der Waals surface area contributed by atoms with Crippen molar-refractivity contribution in [3.8, 4) is 0 Å². The van der Waals surface area contributed by atoms with Crippen molar-refractivity contribution in [3.05, 3.63) is 0 Å². The molecule has 0 aromatic heterocycles. The van der Waals surface area contributed by atoms with E-state index in [1.807, 2.05) is 6.92 Å². The summed E-state index contributed by atoms with van der Waals surface area (Å²) in [6.07, 6.45) is 4.36. The van der Waals surface area contributed by atoms with Gasteiger partial charge in [0.05, 0.1) is 7.11 Å². The van der Waals surface area contributed by atoms with Crippen LogP contribution in [0.2, 0.25) is 0 Å². The maximum atomic E-state index is 13.4. The lowest BCUT2D eigenvalue weighted by Gasteiger charge is -2.38. The SMILES string of the molecule is CCC(=O)N1CCCC1C(=O)N1CCCCC1C(=O)NC(C)C(=O)N1CC(C)CC1C(=O)OC. The number of nitrogens with one attached hydrogen (secondary N) is 1. The number of hydrogen-bond donors (Lipinski definition) is 1. The van der Waals surface area contributed by atoms with E-state index < -0.39 is 30.1 Å². The minimum atomic E-state index is -0.839. The van der Waals surface area contributed by atoms with Gasteiger partial charge in [-0.3, -0.25) is 19.2 Å². The molecule has 4 amide bonds. The molecule has 3 rings (SSSR count). The Hall–Kier alpha value is -2.65. The van der Waals surface area contributed by atoms with E-state index in [2.05, 4.69) is 5.32 Å². The van der Waals surface area contributed by atoms with Crippen molar-refractivity contribution in [3.63, 3.8) is 0 Å². The van der Waals surface area contributed by atoms with Gasteiger partial charge in [0.1, 0.15) is 24.2 Å². The fraction of sp³-hybridized carbons (Fsp3) is 0.792. The lowest BCUT2D eigenvalue weighted by molar-refractivity contribution is -0.152. The number of methoxy groups -OCH3 is 1. The zero-order chi connectivity index (χ0) is 25.0. The van der Waals surface area contributed by atoms with Crippen LogP contribution in [0.3, 0.4) is 0 Å². The highest BCUT2D eigenvalue weighted by molar-refractivity contribution is 5.95. The Morgan fingerprint density at radius 1 is 0.941 bits per heavy atom. The van der Waals surface area contributed by atoms with Gasteiger partial charge < -0.3 is 24.8 Å². The summed E-state index contributed by atoms with van der Waals surface area (Å²) in [4.78, 5) is 68.8. The van der Waals surface area contributed by atoms with Gasteiger partial charge in [-0.2, -0.15) is 0 Å². The van der Waals surface area contributed by atoms with Crippen LogP contribution in [0.1, 0.15) is 65.7 Å². The second-order valence-electron chi connectivity index (χ2n) is 9.74. The number of rotatable bonds is 6. The van der Waals surface area contributed by atoms with Gasteiger partial charge in [-0.15, -0.1) is 0 Å². The number of esters is 1. The van der Waals surface area contributed by atoms with Crippen LogP contribution in [0.4, 0.5) is 0 Å². The molecule has 3 fully saturated rings. The molecule has 0 aromatic rings. The number of nitrogens with zero attached hydrogens (tertiary/aromatic N) is 3. The Labute approximate surface area is 201 Å². The lowest BCUT2D eigenvalue weighted by atomic mass is 9.99. The zero-order valence-corrected chi connectivity index (χ0v) is 20.7. The van der Waals surface area contributed by atoms with E-state index in [1.165, 1.54) is 12.0 Å². The summed E-state index contributed by atoms with van der Waals surface area (Å²) >= 11 is 0. The van der Waals surface area contributed by atoms with Gasteiger partial charge in [-0.1, -0.05) is 13.8 Å². The fourth-order valence-corrected chi connectivity index (χ4v) is 5.45. The van der Waals surface area contributed by atoms with Gasteiger partial charge in [0, 0.05) is 26.1 Å². The first-order valence-corrected chi connectivity index (χ1v) is 12.5. The van der Waals surface area contributed by atoms with E-state index in [1.54, 1.807) is 23.6 Å². The predicted molar refractivity (Wildman–Crippen MR) is 123 cm³/mol. The molecule has 190 valence electrons. The van der Waals surface area contributed by atoms with Crippen molar-refractivity contribution in [2.75, 3.05) is 26.7 Å². The molecule has 0 aromatic carbocycles. The third kappa shape index (κ3) is 5.36. The summed E-state index contributed by atoms with van der Waals surface area (Å²) in [5.74, 6) is -1.24. The number of carbonyl (C=O) groups is 5. The molecular weight excluding hydrogens is 440 g/mol. The van der Waals surface area contributed by atoms with Crippen LogP contribution in [0.5, 0.6) is 0 Å². The van der Waals surface area contributed by atoms with Crippen LogP contribution >= 0.6 is 0 Å². The van der Waals surface area contributed by atoms with E-state index in [-0.39, 0.29) is 29.5 Å². The first-order valence-electron chi connectivity index (χ1n) is 12.5.